The molecule has 94 valence electrons. The van der Waals surface area contributed by atoms with Crippen molar-refractivity contribution < 1.29 is 0 Å². The Hall–Kier alpha value is -2.62. The molecule has 0 fully saturated rings. The summed E-state index contributed by atoms with van der Waals surface area (Å²) in [5.74, 6) is 0.343. The topological polar surface area (TPSA) is 57.8 Å². The van der Waals surface area contributed by atoms with Gasteiger partial charge in [0, 0.05) is 18.9 Å². The van der Waals surface area contributed by atoms with Crippen LogP contribution in [0.5, 0.6) is 0 Å². The molecule has 0 spiro atoms. The lowest BCUT2D eigenvalue weighted by atomic mass is 10.0. The highest BCUT2D eigenvalue weighted by Crippen LogP contribution is 2.18. The predicted octanol–water partition coefficient (Wildman–Crippen LogP) is 2.54. The third-order valence-electron chi connectivity index (χ3n) is 3.03. The molecular formula is C15H13N3O. The third kappa shape index (κ3) is 2.33. The fraction of sp³-hybridized carbons (Fsp3) is 0.0667. The fourth-order valence-corrected chi connectivity index (χ4v) is 2.10. The van der Waals surface area contributed by atoms with Crippen LogP contribution in [0, 0.1) is 0 Å². The van der Waals surface area contributed by atoms with Crippen molar-refractivity contribution in [3.05, 3.63) is 70.8 Å². The number of benzene rings is 2. The number of hydrogen-bond acceptors (Lipinski definition) is 3. The number of anilines is 1. The van der Waals surface area contributed by atoms with E-state index >= 15 is 0 Å². The van der Waals surface area contributed by atoms with Crippen LogP contribution < -0.4 is 10.9 Å². The molecule has 0 unspecified atom stereocenters. The minimum atomic E-state index is -0.206. The molecule has 0 amide bonds. The second-order valence-corrected chi connectivity index (χ2v) is 4.26. The maximum atomic E-state index is 11.5. The maximum absolute atomic E-state index is 11.5. The van der Waals surface area contributed by atoms with Crippen molar-refractivity contribution >= 4 is 16.6 Å². The Morgan fingerprint density at radius 2 is 1.95 bits per heavy atom. The Morgan fingerprint density at radius 1 is 1.11 bits per heavy atom. The van der Waals surface area contributed by atoms with Crippen LogP contribution in [0.3, 0.4) is 0 Å². The summed E-state index contributed by atoms with van der Waals surface area (Å²) >= 11 is 0. The first-order chi connectivity index (χ1) is 9.34. The molecule has 2 N–H and O–H groups in total. The quantitative estimate of drug-likeness (QED) is 0.752. The van der Waals surface area contributed by atoms with E-state index < -0.39 is 0 Å². The van der Waals surface area contributed by atoms with Crippen LogP contribution in [0.15, 0.2) is 59.7 Å². The van der Waals surface area contributed by atoms with Gasteiger partial charge >= 0.3 is 0 Å². The van der Waals surface area contributed by atoms with Crippen molar-refractivity contribution in [3.8, 4) is 0 Å². The van der Waals surface area contributed by atoms with Crippen LogP contribution in [0.25, 0.3) is 10.8 Å². The van der Waals surface area contributed by atoms with E-state index in [9.17, 15) is 4.79 Å². The zero-order chi connectivity index (χ0) is 13.1. The summed E-state index contributed by atoms with van der Waals surface area (Å²) in [6, 6.07) is 14.3. The number of nitrogens with one attached hydrogen (secondary N) is 2. The summed E-state index contributed by atoms with van der Waals surface area (Å²) in [6.45, 7) is 0.571. The summed E-state index contributed by atoms with van der Waals surface area (Å²) in [5, 5.41) is 5.44. The number of fused-ring (bicyclic) bond motifs is 1. The number of hydrogen-bond donors (Lipinski definition) is 2. The summed E-state index contributed by atoms with van der Waals surface area (Å²) in [5.41, 5.74) is 0.936. The van der Waals surface area contributed by atoms with Gasteiger partial charge in [0.2, 0.25) is 0 Å². The van der Waals surface area contributed by atoms with E-state index in [4.69, 9.17) is 0 Å². The third-order valence-corrected chi connectivity index (χ3v) is 3.03. The Bertz CT molecular complexity index is 759. The van der Waals surface area contributed by atoms with E-state index in [-0.39, 0.29) is 5.56 Å². The van der Waals surface area contributed by atoms with Crippen LogP contribution in [-0.4, -0.2) is 9.97 Å². The van der Waals surface area contributed by atoms with Gasteiger partial charge in [-0.2, -0.15) is 0 Å². The zero-order valence-corrected chi connectivity index (χ0v) is 10.3. The van der Waals surface area contributed by atoms with Gasteiger partial charge in [0.05, 0.1) is 0 Å². The smallest absolute Gasteiger partial charge is 0.290 e. The Kier molecular flexibility index (Phi) is 2.98. The van der Waals surface area contributed by atoms with E-state index in [0.717, 1.165) is 5.56 Å². The molecule has 0 aliphatic carbocycles. The van der Waals surface area contributed by atoms with E-state index in [1.54, 1.807) is 6.20 Å². The van der Waals surface area contributed by atoms with Gasteiger partial charge in [-0.05, 0) is 16.3 Å². The monoisotopic (exact) mass is 251 g/mol. The molecule has 0 saturated heterocycles. The van der Waals surface area contributed by atoms with Crippen LogP contribution in [-0.2, 0) is 6.54 Å². The van der Waals surface area contributed by atoms with Crippen LogP contribution >= 0.6 is 0 Å². The van der Waals surface area contributed by atoms with E-state index in [1.807, 2.05) is 24.3 Å². The molecule has 4 heteroatoms. The predicted molar refractivity (Wildman–Crippen MR) is 76.1 cm³/mol. The second-order valence-electron chi connectivity index (χ2n) is 4.26. The first-order valence-corrected chi connectivity index (χ1v) is 6.09. The average Bonchev–Trinajstić information content (AvgIpc) is 2.46. The van der Waals surface area contributed by atoms with Gasteiger partial charge in [-0.25, -0.2) is 4.98 Å². The molecular weight excluding hydrogens is 238 g/mol. The Morgan fingerprint density at radius 3 is 2.84 bits per heavy atom. The van der Waals surface area contributed by atoms with Gasteiger partial charge in [-0.3, -0.25) is 4.79 Å². The molecule has 1 aromatic heterocycles. The molecule has 0 atom stereocenters. The van der Waals surface area contributed by atoms with Crippen molar-refractivity contribution in [1.29, 1.82) is 0 Å². The lowest BCUT2D eigenvalue weighted by molar-refractivity contribution is 1.07. The highest BCUT2D eigenvalue weighted by Gasteiger charge is 2.02. The minimum Gasteiger partial charge on any atom is -0.361 e. The largest absolute Gasteiger partial charge is 0.361 e. The van der Waals surface area contributed by atoms with Crippen LogP contribution in [0.2, 0.25) is 0 Å². The molecule has 4 nitrogen and oxygen atoms in total. The van der Waals surface area contributed by atoms with Gasteiger partial charge in [-0.15, -0.1) is 0 Å². The van der Waals surface area contributed by atoms with Gasteiger partial charge in [-0.1, -0.05) is 42.5 Å². The second kappa shape index (κ2) is 4.94. The van der Waals surface area contributed by atoms with Crippen molar-refractivity contribution in [3.63, 3.8) is 0 Å². The number of aromatic amines is 1. The Labute approximate surface area is 110 Å². The molecule has 0 aliphatic rings. The summed E-state index contributed by atoms with van der Waals surface area (Å²) < 4.78 is 0. The number of H-pyrrole nitrogens is 1. The lowest BCUT2D eigenvalue weighted by Gasteiger charge is -2.08. The molecule has 0 aliphatic heterocycles. The molecule has 2 aromatic carbocycles. The molecule has 0 bridgehead atoms. The molecule has 0 saturated carbocycles. The van der Waals surface area contributed by atoms with E-state index in [2.05, 4.69) is 33.5 Å². The molecule has 19 heavy (non-hydrogen) atoms. The summed E-state index contributed by atoms with van der Waals surface area (Å²) in [6.07, 6.45) is 3.08. The SMILES string of the molecule is O=c1[nH]ccnc1NCc1cccc2ccccc12. The normalized spacial score (nSPS) is 10.5. The molecule has 3 rings (SSSR count). The highest BCUT2D eigenvalue weighted by molar-refractivity contribution is 5.85. The van der Waals surface area contributed by atoms with Crippen molar-refractivity contribution in [2.45, 2.75) is 6.54 Å². The fourth-order valence-electron chi connectivity index (χ4n) is 2.10. The van der Waals surface area contributed by atoms with Gasteiger partial charge in [0.1, 0.15) is 0 Å². The Balaban J connectivity index is 1.90. The van der Waals surface area contributed by atoms with Crippen LogP contribution in [0.4, 0.5) is 5.82 Å². The average molecular weight is 251 g/mol. The van der Waals surface area contributed by atoms with E-state index in [0.29, 0.717) is 12.4 Å². The number of nitrogens with zero attached hydrogens (tertiary/aromatic N) is 1. The maximum Gasteiger partial charge on any atom is 0.290 e. The zero-order valence-electron chi connectivity index (χ0n) is 10.3. The number of rotatable bonds is 3. The van der Waals surface area contributed by atoms with Crippen molar-refractivity contribution in [2.24, 2.45) is 0 Å². The van der Waals surface area contributed by atoms with Crippen molar-refractivity contribution in [2.75, 3.05) is 5.32 Å². The molecule has 3 aromatic rings. The molecule has 0 radical (unpaired) electrons. The minimum absolute atomic E-state index is 0.206. The number of aromatic nitrogens is 2. The first-order valence-electron chi connectivity index (χ1n) is 6.09. The van der Waals surface area contributed by atoms with Crippen molar-refractivity contribution in [1.82, 2.24) is 9.97 Å². The van der Waals surface area contributed by atoms with Gasteiger partial charge in [0.15, 0.2) is 5.82 Å². The van der Waals surface area contributed by atoms with E-state index in [1.165, 1.54) is 17.0 Å². The van der Waals surface area contributed by atoms with Crippen LogP contribution in [0.1, 0.15) is 5.56 Å². The summed E-state index contributed by atoms with van der Waals surface area (Å²) in [7, 11) is 0. The summed E-state index contributed by atoms with van der Waals surface area (Å²) in [4.78, 5) is 18.1. The highest BCUT2D eigenvalue weighted by atomic mass is 16.1. The van der Waals surface area contributed by atoms with Gasteiger partial charge in [0.25, 0.3) is 5.56 Å². The first kappa shape index (κ1) is 11.5. The standard InChI is InChI=1S/C15H13N3O/c19-15-14(16-8-9-17-15)18-10-12-6-3-5-11-4-1-2-7-13(11)12/h1-9H,10H2,(H,16,18)(H,17,19). The lowest BCUT2D eigenvalue weighted by Crippen LogP contribution is -2.15. The molecule has 1 heterocycles. The van der Waals surface area contributed by atoms with Gasteiger partial charge < -0.3 is 10.3 Å².